The highest BCUT2D eigenvalue weighted by Crippen LogP contribution is 2.35. The van der Waals surface area contributed by atoms with Crippen LogP contribution in [0.15, 0.2) is 30.3 Å². The molecular formula is C12H14O2S. The summed E-state index contributed by atoms with van der Waals surface area (Å²) in [4.78, 5) is 11.3. The largest absolute Gasteiger partial charge is 0.481 e. The van der Waals surface area contributed by atoms with Crippen LogP contribution >= 0.6 is 11.8 Å². The minimum Gasteiger partial charge on any atom is -0.481 e. The number of carboxylic acid groups (broad SMARTS) is 1. The zero-order chi connectivity index (χ0) is 10.7. The van der Waals surface area contributed by atoms with Gasteiger partial charge in [0.1, 0.15) is 0 Å². The standard InChI is InChI=1S/C12H14O2S/c13-12(14)11(10-6-7-15-8-10)9-4-2-1-3-5-9/h1-5,10-11H,6-8H2,(H,13,14). The molecule has 1 aromatic carbocycles. The highest BCUT2D eigenvalue weighted by atomic mass is 32.2. The van der Waals surface area contributed by atoms with Gasteiger partial charge >= 0.3 is 5.97 Å². The van der Waals surface area contributed by atoms with E-state index in [1.54, 1.807) is 0 Å². The molecule has 15 heavy (non-hydrogen) atoms. The number of carbonyl (C=O) groups is 1. The third-order valence-corrected chi connectivity index (χ3v) is 4.05. The first-order valence-corrected chi connectivity index (χ1v) is 6.30. The minimum absolute atomic E-state index is 0.301. The zero-order valence-corrected chi connectivity index (χ0v) is 9.24. The molecule has 3 heteroatoms. The first kappa shape index (κ1) is 10.6. The van der Waals surface area contributed by atoms with Gasteiger partial charge in [0.25, 0.3) is 0 Å². The summed E-state index contributed by atoms with van der Waals surface area (Å²) in [6.07, 6.45) is 1.02. The number of thioether (sulfide) groups is 1. The van der Waals surface area contributed by atoms with Gasteiger partial charge in [-0.05, 0) is 29.4 Å². The summed E-state index contributed by atoms with van der Waals surface area (Å²) in [6, 6.07) is 9.58. The number of hydrogen-bond acceptors (Lipinski definition) is 2. The maximum Gasteiger partial charge on any atom is 0.311 e. The van der Waals surface area contributed by atoms with Crippen LogP contribution in [0.5, 0.6) is 0 Å². The average Bonchev–Trinajstić information content (AvgIpc) is 2.72. The van der Waals surface area contributed by atoms with Crippen LogP contribution < -0.4 is 0 Å². The lowest BCUT2D eigenvalue weighted by Crippen LogP contribution is -2.21. The predicted octanol–water partition coefficient (Wildman–Crippen LogP) is 2.61. The van der Waals surface area contributed by atoms with E-state index in [-0.39, 0.29) is 5.92 Å². The highest BCUT2D eigenvalue weighted by molar-refractivity contribution is 7.99. The summed E-state index contributed by atoms with van der Waals surface area (Å²) in [5.74, 6) is 1.37. The van der Waals surface area contributed by atoms with Crippen LogP contribution in [0.3, 0.4) is 0 Å². The van der Waals surface area contributed by atoms with Crippen molar-refractivity contribution >= 4 is 17.7 Å². The Morgan fingerprint density at radius 2 is 2.13 bits per heavy atom. The lowest BCUT2D eigenvalue weighted by molar-refractivity contribution is -0.140. The Bertz CT molecular complexity index is 331. The summed E-state index contributed by atoms with van der Waals surface area (Å²) < 4.78 is 0. The topological polar surface area (TPSA) is 37.3 Å². The molecule has 2 rings (SSSR count). The Morgan fingerprint density at radius 3 is 2.67 bits per heavy atom. The molecule has 1 heterocycles. The van der Waals surface area contributed by atoms with E-state index in [0.717, 1.165) is 23.5 Å². The number of aliphatic carboxylic acids is 1. The van der Waals surface area contributed by atoms with Gasteiger partial charge in [-0.1, -0.05) is 30.3 Å². The molecule has 0 aromatic heterocycles. The number of rotatable bonds is 3. The Hall–Kier alpha value is -0.960. The van der Waals surface area contributed by atoms with Crippen molar-refractivity contribution in [3.63, 3.8) is 0 Å². The second-order valence-corrected chi connectivity index (χ2v) is 5.00. The average molecular weight is 222 g/mol. The van der Waals surface area contributed by atoms with Crippen molar-refractivity contribution in [1.29, 1.82) is 0 Å². The molecule has 0 bridgehead atoms. The van der Waals surface area contributed by atoms with Gasteiger partial charge in [0.15, 0.2) is 0 Å². The maximum absolute atomic E-state index is 11.3. The Morgan fingerprint density at radius 1 is 1.40 bits per heavy atom. The quantitative estimate of drug-likeness (QED) is 0.854. The molecule has 1 aliphatic rings. The molecule has 0 radical (unpaired) electrons. The van der Waals surface area contributed by atoms with Crippen molar-refractivity contribution in [3.8, 4) is 0 Å². The van der Waals surface area contributed by atoms with Crippen LogP contribution in [0.25, 0.3) is 0 Å². The molecule has 1 saturated heterocycles. The van der Waals surface area contributed by atoms with E-state index in [0.29, 0.717) is 5.92 Å². The van der Waals surface area contributed by atoms with Gasteiger partial charge in [0.2, 0.25) is 0 Å². The van der Waals surface area contributed by atoms with Crippen LogP contribution in [-0.2, 0) is 4.79 Å². The minimum atomic E-state index is -0.686. The fraction of sp³-hybridized carbons (Fsp3) is 0.417. The second-order valence-electron chi connectivity index (χ2n) is 3.85. The van der Waals surface area contributed by atoms with Crippen LogP contribution in [-0.4, -0.2) is 22.6 Å². The fourth-order valence-corrected chi connectivity index (χ4v) is 3.39. The third kappa shape index (κ3) is 2.34. The highest BCUT2D eigenvalue weighted by Gasteiger charge is 2.31. The summed E-state index contributed by atoms with van der Waals surface area (Å²) in [6.45, 7) is 0. The second kappa shape index (κ2) is 4.71. The van der Waals surface area contributed by atoms with Gasteiger partial charge in [-0.3, -0.25) is 4.79 Å². The number of carboxylic acids is 1. The van der Waals surface area contributed by atoms with Crippen molar-refractivity contribution in [2.75, 3.05) is 11.5 Å². The van der Waals surface area contributed by atoms with E-state index < -0.39 is 5.97 Å². The molecular weight excluding hydrogens is 208 g/mol. The summed E-state index contributed by atoms with van der Waals surface area (Å²) >= 11 is 1.86. The molecule has 1 aromatic rings. The molecule has 2 unspecified atom stereocenters. The van der Waals surface area contributed by atoms with Crippen LogP contribution in [0.2, 0.25) is 0 Å². The molecule has 1 fully saturated rings. The van der Waals surface area contributed by atoms with E-state index >= 15 is 0 Å². The molecule has 2 atom stereocenters. The smallest absolute Gasteiger partial charge is 0.311 e. The van der Waals surface area contributed by atoms with Crippen LogP contribution in [0.1, 0.15) is 17.9 Å². The zero-order valence-electron chi connectivity index (χ0n) is 8.43. The van der Waals surface area contributed by atoms with Gasteiger partial charge in [0, 0.05) is 0 Å². The third-order valence-electron chi connectivity index (χ3n) is 2.86. The number of hydrogen-bond donors (Lipinski definition) is 1. The first-order chi connectivity index (χ1) is 7.29. The van der Waals surface area contributed by atoms with Gasteiger partial charge in [-0.25, -0.2) is 0 Å². The van der Waals surface area contributed by atoms with E-state index in [1.807, 2.05) is 42.1 Å². The van der Waals surface area contributed by atoms with Crippen LogP contribution in [0.4, 0.5) is 0 Å². The monoisotopic (exact) mass is 222 g/mol. The van der Waals surface area contributed by atoms with Crippen molar-refractivity contribution < 1.29 is 9.90 Å². The Balaban J connectivity index is 2.23. The van der Waals surface area contributed by atoms with Gasteiger partial charge in [-0.15, -0.1) is 0 Å². The summed E-state index contributed by atoms with van der Waals surface area (Å²) in [7, 11) is 0. The molecule has 1 N–H and O–H groups in total. The SMILES string of the molecule is O=C(O)C(c1ccccc1)C1CCSC1. The molecule has 1 aliphatic heterocycles. The van der Waals surface area contributed by atoms with Gasteiger partial charge in [0.05, 0.1) is 5.92 Å². The molecule has 80 valence electrons. The van der Waals surface area contributed by atoms with Crippen molar-refractivity contribution in [1.82, 2.24) is 0 Å². The lowest BCUT2D eigenvalue weighted by atomic mass is 9.86. The van der Waals surface area contributed by atoms with E-state index in [9.17, 15) is 9.90 Å². The molecule has 0 aliphatic carbocycles. The molecule has 2 nitrogen and oxygen atoms in total. The molecule has 0 saturated carbocycles. The van der Waals surface area contributed by atoms with Gasteiger partial charge in [-0.2, -0.15) is 11.8 Å². The van der Waals surface area contributed by atoms with Crippen molar-refractivity contribution in [3.05, 3.63) is 35.9 Å². The van der Waals surface area contributed by atoms with E-state index in [1.165, 1.54) is 0 Å². The Labute approximate surface area is 93.7 Å². The molecule has 0 amide bonds. The first-order valence-electron chi connectivity index (χ1n) is 5.14. The van der Waals surface area contributed by atoms with Crippen molar-refractivity contribution in [2.24, 2.45) is 5.92 Å². The molecule has 0 spiro atoms. The van der Waals surface area contributed by atoms with Crippen molar-refractivity contribution in [2.45, 2.75) is 12.3 Å². The maximum atomic E-state index is 11.3. The lowest BCUT2D eigenvalue weighted by Gasteiger charge is -2.18. The summed E-state index contributed by atoms with van der Waals surface area (Å²) in [5.41, 5.74) is 0.942. The Kier molecular flexibility index (Phi) is 3.31. The normalized spacial score (nSPS) is 22.5. The van der Waals surface area contributed by atoms with Gasteiger partial charge < -0.3 is 5.11 Å². The summed E-state index contributed by atoms with van der Waals surface area (Å²) in [5, 5.41) is 9.28. The van der Waals surface area contributed by atoms with E-state index in [2.05, 4.69) is 0 Å². The predicted molar refractivity (Wildman–Crippen MR) is 62.3 cm³/mol. The fourth-order valence-electron chi connectivity index (χ4n) is 2.09. The van der Waals surface area contributed by atoms with Crippen LogP contribution in [0, 0.1) is 5.92 Å². The van der Waals surface area contributed by atoms with E-state index in [4.69, 9.17) is 0 Å². The number of benzene rings is 1.